The van der Waals surface area contributed by atoms with Gasteiger partial charge in [-0.1, -0.05) is 19.8 Å². The third kappa shape index (κ3) is 4.93. The first-order chi connectivity index (χ1) is 9.33. The van der Waals surface area contributed by atoms with Crippen LogP contribution in [0.15, 0.2) is 22.8 Å². The van der Waals surface area contributed by atoms with E-state index < -0.39 is 0 Å². The van der Waals surface area contributed by atoms with Crippen LogP contribution in [-0.4, -0.2) is 28.9 Å². The molecule has 2 aromatic heterocycles. The normalized spacial score (nSPS) is 11.4. The van der Waals surface area contributed by atoms with Gasteiger partial charge in [-0.05, 0) is 6.42 Å². The lowest BCUT2D eigenvalue weighted by Crippen LogP contribution is -2.37. The number of nitrogens with zero attached hydrogens (tertiary/aromatic N) is 3. The molecule has 20 heavy (non-hydrogen) atoms. The summed E-state index contributed by atoms with van der Waals surface area (Å²) in [6, 6.07) is 0. The van der Waals surface area contributed by atoms with Crippen LogP contribution in [0.5, 0.6) is 0 Å². The van der Waals surface area contributed by atoms with Crippen molar-refractivity contribution in [3.63, 3.8) is 0 Å². The Morgan fingerprint density at radius 1 is 1.40 bits per heavy atom. The summed E-state index contributed by atoms with van der Waals surface area (Å²) >= 11 is 1.65. The van der Waals surface area contributed by atoms with Crippen LogP contribution in [0, 0.1) is 0 Å². The van der Waals surface area contributed by atoms with Crippen molar-refractivity contribution >= 4 is 46.2 Å². The van der Waals surface area contributed by atoms with Crippen LogP contribution in [0.4, 0.5) is 0 Å². The molecule has 0 saturated heterocycles. The van der Waals surface area contributed by atoms with Crippen molar-refractivity contribution in [1.29, 1.82) is 0 Å². The van der Waals surface area contributed by atoms with Crippen molar-refractivity contribution in [2.45, 2.75) is 32.7 Å². The van der Waals surface area contributed by atoms with Crippen LogP contribution < -0.4 is 10.6 Å². The molecule has 0 radical (unpaired) electrons. The van der Waals surface area contributed by atoms with Gasteiger partial charge in [-0.25, -0.2) is 4.98 Å². The molecule has 2 N–H and O–H groups in total. The van der Waals surface area contributed by atoms with E-state index in [4.69, 9.17) is 0 Å². The molecule has 0 amide bonds. The third-order valence-electron chi connectivity index (χ3n) is 2.88. The topological polar surface area (TPSA) is 53.7 Å². The fourth-order valence-electron chi connectivity index (χ4n) is 1.84. The summed E-state index contributed by atoms with van der Waals surface area (Å²) < 4.78 is 2.04. The van der Waals surface area contributed by atoms with E-state index in [2.05, 4.69) is 27.5 Å². The Morgan fingerprint density at radius 2 is 2.25 bits per heavy atom. The minimum absolute atomic E-state index is 0. The van der Waals surface area contributed by atoms with Crippen LogP contribution in [0.1, 0.15) is 31.9 Å². The Balaban J connectivity index is 0.00000200. The van der Waals surface area contributed by atoms with Gasteiger partial charge in [0.05, 0.1) is 12.2 Å². The van der Waals surface area contributed by atoms with Gasteiger partial charge in [-0.3, -0.25) is 9.39 Å². The molecule has 0 fully saturated rings. The summed E-state index contributed by atoms with van der Waals surface area (Å²) in [5, 5.41) is 8.63. The molecule has 112 valence electrons. The summed E-state index contributed by atoms with van der Waals surface area (Å²) in [6.07, 6.45) is 7.73. The highest BCUT2D eigenvalue weighted by molar-refractivity contribution is 14.0. The SMILES string of the molecule is CCCCCNC(=NC)NCc1cn2ccsc2n1.I. The molecule has 0 aliphatic heterocycles. The second-order valence-corrected chi connectivity index (χ2v) is 5.26. The van der Waals surface area contributed by atoms with Crippen molar-refractivity contribution in [2.75, 3.05) is 13.6 Å². The zero-order chi connectivity index (χ0) is 13.5. The van der Waals surface area contributed by atoms with Gasteiger partial charge < -0.3 is 10.6 Å². The number of aromatic nitrogens is 2. The van der Waals surface area contributed by atoms with Crippen LogP contribution in [0.25, 0.3) is 4.96 Å². The van der Waals surface area contributed by atoms with E-state index in [1.807, 2.05) is 22.2 Å². The Kier molecular flexibility index (Phi) is 7.90. The van der Waals surface area contributed by atoms with Gasteiger partial charge in [0.15, 0.2) is 10.9 Å². The van der Waals surface area contributed by atoms with Crippen LogP contribution in [0.3, 0.4) is 0 Å². The summed E-state index contributed by atoms with van der Waals surface area (Å²) in [5.41, 5.74) is 1.03. The van der Waals surface area contributed by atoms with Crippen LogP contribution >= 0.6 is 35.3 Å². The van der Waals surface area contributed by atoms with Crippen molar-refractivity contribution in [3.8, 4) is 0 Å². The number of nitrogens with one attached hydrogen (secondary N) is 2. The van der Waals surface area contributed by atoms with E-state index in [0.717, 1.165) is 23.2 Å². The van der Waals surface area contributed by atoms with E-state index in [1.54, 1.807) is 18.4 Å². The molecule has 0 aliphatic rings. The summed E-state index contributed by atoms with van der Waals surface area (Å²) in [5.74, 6) is 0.840. The number of aliphatic imine (C=N–C) groups is 1. The average molecular weight is 407 g/mol. The average Bonchev–Trinajstić information content (AvgIpc) is 2.98. The van der Waals surface area contributed by atoms with Gasteiger partial charge in [0.1, 0.15) is 0 Å². The van der Waals surface area contributed by atoms with Gasteiger partial charge >= 0.3 is 0 Å². The fourth-order valence-corrected chi connectivity index (χ4v) is 2.56. The quantitative estimate of drug-likeness (QED) is 0.335. The van der Waals surface area contributed by atoms with Gasteiger partial charge in [-0.15, -0.1) is 35.3 Å². The highest BCUT2D eigenvalue weighted by atomic mass is 127. The summed E-state index contributed by atoms with van der Waals surface area (Å²) in [6.45, 7) is 3.87. The maximum absolute atomic E-state index is 4.52. The molecule has 0 bridgehead atoms. The number of hydrogen-bond acceptors (Lipinski definition) is 3. The molecule has 0 aromatic carbocycles. The first-order valence-electron chi connectivity index (χ1n) is 6.69. The lowest BCUT2D eigenvalue weighted by atomic mass is 10.2. The molecule has 0 atom stereocenters. The van der Waals surface area contributed by atoms with E-state index in [9.17, 15) is 0 Å². The Hall–Kier alpha value is -0.830. The minimum atomic E-state index is 0. The maximum atomic E-state index is 4.52. The molecule has 5 nitrogen and oxygen atoms in total. The summed E-state index contributed by atoms with van der Waals surface area (Å²) in [7, 11) is 1.79. The number of imidazole rings is 1. The van der Waals surface area contributed by atoms with Crippen LogP contribution in [-0.2, 0) is 6.54 Å². The minimum Gasteiger partial charge on any atom is -0.356 e. The first kappa shape index (κ1) is 17.2. The standard InChI is InChI=1S/C13H21N5S.HI/c1-3-4-5-6-15-12(14-2)16-9-11-10-18-7-8-19-13(18)17-11;/h7-8,10H,3-6,9H2,1-2H3,(H2,14,15,16);1H. The number of rotatable bonds is 6. The molecule has 7 heteroatoms. The summed E-state index contributed by atoms with van der Waals surface area (Å²) in [4.78, 5) is 9.76. The number of halogens is 1. The number of hydrogen-bond donors (Lipinski definition) is 2. The first-order valence-corrected chi connectivity index (χ1v) is 7.57. The van der Waals surface area contributed by atoms with Gasteiger partial charge in [-0.2, -0.15) is 0 Å². The number of guanidine groups is 1. The maximum Gasteiger partial charge on any atom is 0.193 e. The molecule has 0 aliphatic carbocycles. The second kappa shape index (κ2) is 9.17. The zero-order valence-corrected chi connectivity index (χ0v) is 15.1. The molecule has 0 unspecified atom stereocenters. The number of thiazole rings is 1. The predicted octanol–water partition coefficient (Wildman–Crippen LogP) is 2.87. The highest BCUT2D eigenvalue weighted by Gasteiger charge is 2.03. The van der Waals surface area contributed by atoms with Gasteiger partial charge in [0, 0.05) is 31.4 Å². The predicted molar refractivity (Wildman–Crippen MR) is 96.2 cm³/mol. The molecular weight excluding hydrogens is 385 g/mol. The van der Waals surface area contributed by atoms with E-state index in [-0.39, 0.29) is 24.0 Å². The lowest BCUT2D eigenvalue weighted by Gasteiger charge is -2.10. The molecule has 2 rings (SSSR count). The van der Waals surface area contributed by atoms with Crippen molar-refractivity contribution < 1.29 is 0 Å². The third-order valence-corrected chi connectivity index (χ3v) is 3.65. The van der Waals surface area contributed by atoms with Gasteiger partial charge in [0.25, 0.3) is 0 Å². The Labute approximate surface area is 140 Å². The lowest BCUT2D eigenvalue weighted by molar-refractivity contribution is 0.682. The molecule has 2 aromatic rings. The number of fused-ring (bicyclic) bond motifs is 1. The molecule has 0 spiro atoms. The second-order valence-electron chi connectivity index (χ2n) is 4.38. The van der Waals surface area contributed by atoms with E-state index in [0.29, 0.717) is 6.54 Å². The molecular formula is C13H22IN5S. The van der Waals surface area contributed by atoms with E-state index in [1.165, 1.54) is 19.3 Å². The molecule has 0 saturated carbocycles. The molecule has 2 heterocycles. The zero-order valence-electron chi connectivity index (χ0n) is 11.9. The monoisotopic (exact) mass is 407 g/mol. The van der Waals surface area contributed by atoms with E-state index >= 15 is 0 Å². The van der Waals surface area contributed by atoms with Crippen molar-refractivity contribution in [3.05, 3.63) is 23.5 Å². The Bertz CT molecular complexity index is 505. The highest BCUT2D eigenvalue weighted by Crippen LogP contribution is 2.10. The van der Waals surface area contributed by atoms with Crippen LogP contribution in [0.2, 0.25) is 0 Å². The number of unbranched alkanes of at least 4 members (excludes halogenated alkanes) is 2. The Morgan fingerprint density at radius 3 is 2.95 bits per heavy atom. The van der Waals surface area contributed by atoms with Crippen molar-refractivity contribution in [2.24, 2.45) is 4.99 Å². The van der Waals surface area contributed by atoms with Crippen molar-refractivity contribution in [1.82, 2.24) is 20.0 Å². The van der Waals surface area contributed by atoms with Gasteiger partial charge in [0.2, 0.25) is 0 Å². The fraction of sp³-hybridized carbons (Fsp3) is 0.538. The smallest absolute Gasteiger partial charge is 0.193 e. The largest absolute Gasteiger partial charge is 0.356 e.